The maximum atomic E-state index is 12.4. The zero-order chi connectivity index (χ0) is 16.9. The van der Waals surface area contributed by atoms with Gasteiger partial charge in [0.15, 0.2) is 0 Å². The lowest BCUT2D eigenvalue weighted by Gasteiger charge is -2.33. The third-order valence-electron chi connectivity index (χ3n) is 3.80. The quantitative estimate of drug-likeness (QED) is 0.676. The third-order valence-corrected chi connectivity index (χ3v) is 3.80. The average molecular weight is 296 g/mol. The first-order valence-electron chi connectivity index (χ1n) is 7.53. The molecule has 122 valence electrons. The number of allylic oxidation sites excluding steroid dienone is 2. The summed E-state index contributed by atoms with van der Waals surface area (Å²) in [5.74, 6) is -0.415. The van der Waals surface area contributed by atoms with Crippen molar-refractivity contribution >= 4 is 11.8 Å². The molecule has 0 atom stereocenters. The summed E-state index contributed by atoms with van der Waals surface area (Å²) in [4.78, 5) is 23.8. The van der Waals surface area contributed by atoms with Crippen molar-refractivity contribution in [2.24, 2.45) is 22.0 Å². The summed E-state index contributed by atoms with van der Waals surface area (Å²) in [5.41, 5.74) is 4.09. The Morgan fingerprint density at radius 2 is 1.57 bits per heavy atom. The van der Waals surface area contributed by atoms with Gasteiger partial charge in [0, 0.05) is 17.4 Å². The molecule has 0 aromatic carbocycles. The van der Waals surface area contributed by atoms with Gasteiger partial charge in [0.25, 0.3) is 0 Å². The van der Waals surface area contributed by atoms with Crippen LogP contribution in [-0.2, 0) is 9.59 Å². The van der Waals surface area contributed by atoms with Crippen LogP contribution in [0.3, 0.4) is 0 Å². The zero-order valence-corrected chi connectivity index (χ0v) is 14.7. The van der Waals surface area contributed by atoms with E-state index in [4.69, 9.17) is 5.73 Å². The Kier molecular flexibility index (Phi) is 6.65. The Morgan fingerprint density at radius 1 is 1.05 bits per heavy atom. The molecule has 0 aliphatic heterocycles. The molecular formula is C17H32N2O2. The molecule has 0 bridgehead atoms. The lowest BCUT2D eigenvalue weighted by atomic mass is 9.74. The minimum absolute atomic E-state index is 0.0114. The van der Waals surface area contributed by atoms with Gasteiger partial charge in [-0.2, -0.15) is 0 Å². The van der Waals surface area contributed by atoms with Crippen molar-refractivity contribution in [1.29, 1.82) is 0 Å². The molecule has 4 heteroatoms. The Bertz CT molecular complexity index is 407. The first-order chi connectivity index (χ1) is 9.34. The van der Waals surface area contributed by atoms with Crippen molar-refractivity contribution in [1.82, 2.24) is 5.32 Å². The van der Waals surface area contributed by atoms with Gasteiger partial charge in [-0.3, -0.25) is 9.59 Å². The summed E-state index contributed by atoms with van der Waals surface area (Å²) in [5, 5.41) is 3.01. The van der Waals surface area contributed by atoms with Gasteiger partial charge in [0.1, 0.15) is 0 Å². The minimum Gasteiger partial charge on any atom is -0.369 e. The van der Waals surface area contributed by atoms with Gasteiger partial charge in [0.05, 0.1) is 0 Å². The minimum atomic E-state index is -0.693. The second-order valence-corrected chi connectivity index (χ2v) is 7.93. The highest BCUT2D eigenvalue weighted by atomic mass is 16.2. The van der Waals surface area contributed by atoms with Crippen molar-refractivity contribution < 1.29 is 9.59 Å². The van der Waals surface area contributed by atoms with Crippen LogP contribution in [0.1, 0.15) is 61.3 Å². The fourth-order valence-corrected chi connectivity index (χ4v) is 2.34. The second-order valence-electron chi connectivity index (χ2n) is 7.93. The molecule has 0 aromatic heterocycles. The Balaban J connectivity index is 4.67. The van der Waals surface area contributed by atoms with E-state index in [1.165, 1.54) is 0 Å². The molecule has 0 spiro atoms. The lowest BCUT2D eigenvalue weighted by Crippen LogP contribution is -2.45. The highest BCUT2D eigenvalue weighted by molar-refractivity contribution is 5.84. The first-order valence-corrected chi connectivity index (χ1v) is 7.53. The maximum absolute atomic E-state index is 12.4. The Hall–Kier alpha value is -1.32. The summed E-state index contributed by atoms with van der Waals surface area (Å²) >= 11 is 0. The van der Waals surface area contributed by atoms with Gasteiger partial charge >= 0.3 is 0 Å². The lowest BCUT2D eigenvalue weighted by molar-refractivity contribution is -0.134. The molecule has 0 heterocycles. The molecule has 0 saturated carbocycles. The number of hydrogen-bond donors (Lipinski definition) is 2. The van der Waals surface area contributed by atoms with E-state index in [1.54, 1.807) is 13.8 Å². The van der Waals surface area contributed by atoms with Crippen LogP contribution in [0.4, 0.5) is 0 Å². The van der Waals surface area contributed by atoms with E-state index in [1.807, 2.05) is 26.8 Å². The maximum Gasteiger partial charge on any atom is 0.225 e. The molecule has 0 aromatic rings. The summed E-state index contributed by atoms with van der Waals surface area (Å²) in [7, 11) is 0. The monoisotopic (exact) mass is 296 g/mol. The highest BCUT2D eigenvalue weighted by Gasteiger charge is 2.38. The van der Waals surface area contributed by atoms with Gasteiger partial charge in [-0.1, -0.05) is 53.7 Å². The molecule has 3 N–H and O–H groups in total. The van der Waals surface area contributed by atoms with Crippen LogP contribution < -0.4 is 11.1 Å². The molecule has 4 nitrogen and oxygen atoms in total. The van der Waals surface area contributed by atoms with Crippen LogP contribution in [-0.4, -0.2) is 18.4 Å². The summed E-state index contributed by atoms with van der Waals surface area (Å²) in [6, 6.07) is 0. The largest absolute Gasteiger partial charge is 0.369 e. The van der Waals surface area contributed by atoms with Crippen molar-refractivity contribution in [3.05, 3.63) is 12.2 Å². The second kappa shape index (κ2) is 7.10. The molecular weight excluding hydrogens is 264 g/mol. The number of hydrogen-bond acceptors (Lipinski definition) is 2. The summed E-state index contributed by atoms with van der Waals surface area (Å²) in [6.07, 6.45) is 5.46. The van der Waals surface area contributed by atoms with Crippen molar-refractivity contribution in [3.63, 3.8) is 0 Å². The van der Waals surface area contributed by atoms with Crippen molar-refractivity contribution in [2.45, 2.75) is 61.3 Å². The summed E-state index contributed by atoms with van der Waals surface area (Å²) < 4.78 is 0. The molecule has 2 amide bonds. The fraction of sp³-hybridized carbons (Fsp3) is 0.765. The molecule has 0 aliphatic rings. The van der Waals surface area contributed by atoms with E-state index in [-0.39, 0.29) is 17.2 Å². The van der Waals surface area contributed by atoms with Gasteiger partial charge in [-0.05, 0) is 25.2 Å². The van der Waals surface area contributed by atoms with Gasteiger partial charge in [-0.15, -0.1) is 0 Å². The standard InChI is InChI=1S/C17H32N2O2/c1-8-9-10-15(2,3)12-19-14(21)17(6,7)11-16(4,5)13(18)20/h8-9H,10-12H2,1-7H3,(H2,18,20)(H,19,21)/b9-8+. The van der Waals surface area contributed by atoms with E-state index in [0.29, 0.717) is 13.0 Å². The van der Waals surface area contributed by atoms with Crippen molar-refractivity contribution in [2.75, 3.05) is 6.54 Å². The van der Waals surface area contributed by atoms with E-state index in [2.05, 4.69) is 25.2 Å². The topological polar surface area (TPSA) is 72.2 Å². The first kappa shape index (κ1) is 19.7. The number of carbonyl (C=O) groups excluding carboxylic acids is 2. The zero-order valence-electron chi connectivity index (χ0n) is 14.7. The highest BCUT2D eigenvalue weighted by Crippen LogP contribution is 2.34. The predicted octanol–water partition coefficient (Wildman–Crippen LogP) is 3.02. The van der Waals surface area contributed by atoms with Crippen LogP contribution in [0.2, 0.25) is 0 Å². The van der Waals surface area contributed by atoms with E-state index >= 15 is 0 Å². The number of nitrogens with two attached hydrogens (primary N) is 1. The molecule has 0 unspecified atom stereocenters. The fourth-order valence-electron chi connectivity index (χ4n) is 2.34. The Morgan fingerprint density at radius 3 is 2.00 bits per heavy atom. The molecule has 21 heavy (non-hydrogen) atoms. The van der Waals surface area contributed by atoms with E-state index < -0.39 is 10.8 Å². The van der Waals surface area contributed by atoms with Crippen LogP contribution in [0.25, 0.3) is 0 Å². The number of rotatable bonds is 8. The Labute approximate surface area is 129 Å². The van der Waals surface area contributed by atoms with Crippen LogP contribution in [0.5, 0.6) is 0 Å². The van der Waals surface area contributed by atoms with Crippen LogP contribution in [0, 0.1) is 16.2 Å². The third kappa shape index (κ3) is 6.78. The number of amides is 2. The number of nitrogens with one attached hydrogen (secondary N) is 1. The predicted molar refractivity (Wildman–Crippen MR) is 87.6 cm³/mol. The smallest absolute Gasteiger partial charge is 0.225 e. The molecule has 0 aliphatic carbocycles. The van der Waals surface area contributed by atoms with Gasteiger partial charge in [0.2, 0.25) is 11.8 Å². The van der Waals surface area contributed by atoms with Gasteiger partial charge < -0.3 is 11.1 Å². The molecule has 0 rings (SSSR count). The SMILES string of the molecule is C/C=C/CC(C)(C)CNC(=O)C(C)(C)CC(C)(C)C(N)=O. The number of primary amides is 1. The van der Waals surface area contributed by atoms with Gasteiger partial charge in [-0.25, -0.2) is 0 Å². The molecule has 0 fully saturated rings. The normalized spacial score (nSPS) is 13.5. The number of carbonyl (C=O) groups is 2. The summed E-state index contributed by atoms with van der Waals surface area (Å²) in [6.45, 7) is 14.1. The van der Waals surface area contributed by atoms with Crippen LogP contribution >= 0.6 is 0 Å². The van der Waals surface area contributed by atoms with Crippen LogP contribution in [0.15, 0.2) is 12.2 Å². The molecule has 0 saturated heterocycles. The average Bonchev–Trinajstić information content (AvgIpc) is 2.32. The van der Waals surface area contributed by atoms with Crippen molar-refractivity contribution in [3.8, 4) is 0 Å². The molecule has 0 radical (unpaired) electrons. The van der Waals surface area contributed by atoms with E-state index in [0.717, 1.165) is 6.42 Å². The van der Waals surface area contributed by atoms with E-state index in [9.17, 15) is 9.59 Å².